The average Bonchev–Trinajstić information content (AvgIpc) is 2.63. The molecule has 0 unspecified atom stereocenters. The van der Waals surface area contributed by atoms with Gasteiger partial charge < -0.3 is 9.30 Å². The molecule has 0 saturated heterocycles. The fourth-order valence-electron chi connectivity index (χ4n) is 2.42. The van der Waals surface area contributed by atoms with Gasteiger partial charge in [-0.15, -0.1) is 0 Å². The number of aryl methyl sites for hydroxylation is 1. The minimum Gasteiger partial charge on any atom is -0.377 e. The average molecular weight is 280 g/mol. The molecular formula is C16H28N2O2. The zero-order valence-electron chi connectivity index (χ0n) is 13.7. The molecule has 0 spiro atoms. The molecule has 20 heavy (non-hydrogen) atoms. The Kier molecular flexibility index (Phi) is 6.43. The second-order valence-electron chi connectivity index (χ2n) is 5.61. The van der Waals surface area contributed by atoms with E-state index in [9.17, 15) is 4.79 Å². The van der Waals surface area contributed by atoms with E-state index in [2.05, 4.69) is 11.5 Å². The van der Waals surface area contributed by atoms with Crippen LogP contribution >= 0.6 is 0 Å². The standard InChI is InChI=1S/C16H28N2O2/c1-7-18-13(4)10-15(14(18)5)16(19)11-17(6)8-9-20-12(2)3/h10,12H,7-9,11H2,1-6H3. The van der Waals surface area contributed by atoms with Gasteiger partial charge in [0.05, 0.1) is 19.3 Å². The Labute approximate surface area is 122 Å². The predicted octanol–water partition coefficient (Wildman–Crippen LogP) is 2.66. The molecule has 1 aromatic rings. The highest BCUT2D eigenvalue weighted by atomic mass is 16.5. The second-order valence-corrected chi connectivity index (χ2v) is 5.61. The van der Waals surface area contributed by atoms with Crippen LogP contribution in [0.1, 0.15) is 42.5 Å². The van der Waals surface area contributed by atoms with Crippen LogP contribution in [0.15, 0.2) is 6.07 Å². The van der Waals surface area contributed by atoms with Gasteiger partial charge in [-0.3, -0.25) is 9.69 Å². The lowest BCUT2D eigenvalue weighted by atomic mass is 10.1. The highest BCUT2D eigenvalue weighted by Gasteiger charge is 2.16. The zero-order valence-corrected chi connectivity index (χ0v) is 13.7. The number of aromatic nitrogens is 1. The molecule has 0 aromatic carbocycles. The molecule has 0 fully saturated rings. The summed E-state index contributed by atoms with van der Waals surface area (Å²) in [6.07, 6.45) is 0.239. The van der Waals surface area contributed by atoms with Gasteiger partial charge in [-0.25, -0.2) is 0 Å². The van der Waals surface area contributed by atoms with E-state index >= 15 is 0 Å². The minimum atomic E-state index is 0.185. The van der Waals surface area contributed by atoms with E-state index in [-0.39, 0.29) is 11.9 Å². The summed E-state index contributed by atoms with van der Waals surface area (Å²) in [7, 11) is 1.96. The van der Waals surface area contributed by atoms with E-state index in [1.165, 1.54) is 0 Å². The van der Waals surface area contributed by atoms with Crippen LogP contribution in [0.4, 0.5) is 0 Å². The molecule has 1 heterocycles. The maximum Gasteiger partial charge on any atom is 0.178 e. The van der Waals surface area contributed by atoms with E-state index in [0.717, 1.165) is 30.0 Å². The van der Waals surface area contributed by atoms with Crippen molar-refractivity contribution in [3.63, 3.8) is 0 Å². The van der Waals surface area contributed by atoms with E-state index in [4.69, 9.17) is 4.74 Å². The molecule has 0 atom stereocenters. The van der Waals surface area contributed by atoms with E-state index in [1.807, 2.05) is 45.7 Å². The van der Waals surface area contributed by atoms with Gasteiger partial charge in [0, 0.05) is 30.0 Å². The van der Waals surface area contributed by atoms with Crippen LogP contribution in [-0.4, -0.2) is 48.1 Å². The van der Waals surface area contributed by atoms with E-state index in [0.29, 0.717) is 13.2 Å². The zero-order chi connectivity index (χ0) is 15.3. The predicted molar refractivity (Wildman–Crippen MR) is 82.5 cm³/mol. The van der Waals surface area contributed by atoms with Crippen LogP contribution in [-0.2, 0) is 11.3 Å². The number of rotatable bonds is 8. The van der Waals surface area contributed by atoms with Crippen molar-refractivity contribution in [2.45, 2.75) is 47.3 Å². The van der Waals surface area contributed by atoms with E-state index in [1.54, 1.807) is 0 Å². The van der Waals surface area contributed by atoms with Crippen molar-refractivity contribution in [3.8, 4) is 0 Å². The fourth-order valence-corrected chi connectivity index (χ4v) is 2.42. The van der Waals surface area contributed by atoms with Crippen LogP contribution < -0.4 is 0 Å². The first kappa shape index (κ1) is 16.9. The summed E-state index contributed by atoms with van der Waals surface area (Å²) in [5.74, 6) is 0.185. The third-order valence-electron chi connectivity index (χ3n) is 3.53. The first-order valence-electron chi connectivity index (χ1n) is 7.36. The number of nitrogens with zero attached hydrogens (tertiary/aromatic N) is 2. The Morgan fingerprint density at radius 1 is 1.40 bits per heavy atom. The Bertz CT molecular complexity index is 450. The van der Waals surface area contributed by atoms with Crippen LogP contribution in [0.5, 0.6) is 0 Å². The summed E-state index contributed by atoms with van der Waals surface area (Å²) >= 11 is 0. The van der Waals surface area contributed by atoms with Crippen LogP contribution in [0.2, 0.25) is 0 Å². The van der Waals surface area contributed by atoms with Crippen molar-refractivity contribution in [3.05, 3.63) is 23.0 Å². The molecule has 0 N–H and O–H groups in total. The number of hydrogen-bond donors (Lipinski definition) is 0. The van der Waals surface area contributed by atoms with Gasteiger partial charge in [0.25, 0.3) is 0 Å². The van der Waals surface area contributed by atoms with Crippen molar-refractivity contribution in [1.82, 2.24) is 9.47 Å². The molecule has 1 aromatic heterocycles. The van der Waals surface area contributed by atoms with Gasteiger partial charge in [-0.1, -0.05) is 0 Å². The molecule has 0 bridgehead atoms. The highest BCUT2D eigenvalue weighted by molar-refractivity contribution is 5.99. The van der Waals surface area contributed by atoms with Gasteiger partial charge in [-0.05, 0) is 47.7 Å². The third-order valence-corrected chi connectivity index (χ3v) is 3.53. The Morgan fingerprint density at radius 2 is 2.05 bits per heavy atom. The quantitative estimate of drug-likeness (QED) is 0.687. The first-order chi connectivity index (χ1) is 9.36. The fraction of sp³-hybridized carbons (Fsp3) is 0.688. The van der Waals surface area contributed by atoms with Crippen molar-refractivity contribution in [2.75, 3.05) is 26.7 Å². The van der Waals surface area contributed by atoms with Crippen molar-refractivity contribution in [1.29, 1.82) is 0 Å². The lowest BCUT2D eigenvalue weighted by Crippen LogP contribution is -2.30. The maximum absolute atomic E-state index is 12.4. The topological polar surface area (TPSA) is 34.5 Å². The number of carbonyl (C=O) groups excluding carboxylic acids is 1. The largest absolute Gasteiger partial charge is 0.377 e. The van der Waals surface area contributed by atoms with Gasteiger partial charge in [0.15, 0.2) is 5.78 Å². The first-order valence-corrected chi connectivity index (χ1v) is 7.36. The molecule has 0 aliphatic rings. The van der Waals surface area contributed by atoms with E-state index < -0.39 is 0 Å². The van der Waals surface area contributed by atoms with Crippen molar-refractivity contribution >= 4 is 5.78 Å². The molecule has 0 aliphatic heterocycles. The number of ketones is 1. The summed E-state index contributed by atoms with van der Waals surface area (Å²) in [6, 6.07) is 2.00. The van der Waals surface area contributed by atoms with Gasteiger partial charge >= 0.3 is 0 Å². The summed E-state index contributed by atoms with van der Waals surface area (Å²) in [5, 5.41) is 0. The Morgan fingerprint density at radius 3 is 2.55 bits per heavy atom. The lowest BCUT2D eigenvalue weighted by molar-refractivity contribution is 0.0619. The highest BCUT2D eigenvalue weighted by Crippen LogP contribution is 2.15. The monoisotopic (exact) mass is 280 g/mol. The maximum atomic E-state index is 12.4. The van der Waals surface area contributed by atoms with Crippen LogP contribution in [0.25, 0.3) is 0 Å². The SMILES string of the molecule is CCn1c(C)cc(C(=O)CN(C)CCOC(C)C)c1C. The van der Waals surface area contributed by atoms with Crippen molar-refractivity contribution in [2.24, 2.45) is 0 Å². The smallest absolute Gasteiger partial charge is 0.178 e. The molecular weight excluding hydrogens is 252 g/mol. The van der Waals surface area contributed by atoms with Gasteiger partial charge in [0.1, 0.15) is 0 Å². The summed E-state index contributed by atoms with van der Waals surface area (Å²) in [5.41, 5.74) is 3.07. The third kappa shape index (κ3) is 4.46. The van der Waals surface area contributed by atoms with Crippen molar-refractivity contribution < 1.29 is 9.53 Å². The molecule has 4 nitrogen and oxygen atoms in total. The Hall–Kier alpha value is -1.13. The number of likely N-dealkylation sites (N-methyl/N-ethyl adjacent to an activating group) is 1. The molecule has 0 amide bonds. The number of carbonyl (C=O) groups is 1. The number of ether oxygens (including phenoxy) is 1. The molecule has 1 rings (SSSR count). The molecule has 0 radical (unpaired) electrons. The van der Waals surface area contributed by atoms with Crippen LogP contribution in [0, 0.1) is 13.8 Å². The van der Waals surface area contributed by atoms with Gasteiger partial charge in [-0.2, -0.15) is 0 Å². The summed E-state index contributed by atoms with van der Waals surface area (Å²) in [4.78, 5) is 14.4. The minimum absolute atomic E-state index is 0.185. The molecule has 0 saturated carbocycles. The summed E-state index contributed by atoms with van der Waals surface area (Å²) < 4.78 is 7.68. The second kappa shape index (κ2) is 7.60. The normalized spacial score (nSPS) is 11.6. The number of Topliss-reactive ketones (excluding diaryl/α,β-unsaturated/α-hetero) is 1. The Balaban J connectivity index is 2.58. The number of hydrogen-bond acceptors (Lipinski definition) is 3. The molecule has 0 aliphatic carbocycles. The lowest BCUT2D eigenvalue weighted by Gasteiger charge is -2.17. The molecule has 4 heteroatoms. The molecule has 114 valence electrons. The van der Waals surface area contributed by atoms with Crippen LogP contribution in [0.3, 0.4) is 0 Å². The van der Waals surface area contributed by atoms with Gasteiger partial charge in [0.2, 0.25) is 0 Å². The summed E-state index contributed by atoms with van der Waals surface area (Å²) in [6.45, 7) is 13.0.